The number of hydrogen-bond acceptors (Lipinski definition) is 3. The fourth-order valence-electron chi connectivity index (χ4n) is 5.53. The zero-order valence-electron chi connectivity index (χ0n) is 22.4. The van der Waals surface area contributed by atoms with Crippen molar-refractivity contribution in [3.8, 4) is 22.3 Å². The molecule has 198 valence electrons. The Balaban J connectivity index is 1.44. The van der Waals surface area contributed by atoms with Gasteiger partial charge in [-0.25, -0.2) is 4.79 Å². The van der Waals surface area contributed by atoms with Gasteiger partial charge >= 0.3 is 5.97 Å². The molecule has 0 fully saturated rings. The molecule has 0 aliphatic heterocycles. The molecule has 4 nitrogen and oxygen atoms in total. The molecule has 0 heterocycles. The highest BCUT2D eigenvalue weighted by Crippen LogP contribution is 2.39. The smallest absolute Gasteiger partial charge is 0.326 e. The van der Waals surface area contributed by atoms with E-state index >= 15 is 0 Å². The van der Waals surface area contributed by atoms with Gasteiger partial charge in [0.2, 0.25) is 0 Å². The SMILES string of the molecule is CSCCC(NC(=O)c1ccc(CCc2cccc3c2-c2ccccc2C3)cc1-c1ccccc1C)C(=O)O. The van der Waals surface area contributed by atoms with Crippen LogP contribution in [0.1, 0.15) is 44.6 Å². The first-order chi connectivity index (χ1) is 19.0. The van der Waals surface area contributed by atoms with Crippen molar-refractivity contribution in [1.82, 2.24) is 5.32 Å². The van der Waals surface area contributed by atoms with Crippen LogP contribution in [0.25, 0.3) is 22.3 Å². The third-order valence-corrected chi connectivity index (χ3v) is 8.21. The van der Waals surface area contributed by atoms with Gasteiger partial charge in [0, 0.05) is 5.56 Å². The number of carbonyl (C=O) groups excluding carboxylic acids is 1. The molecule has 0 aromatic heterocycles. The van der Waals surface area contributed by atoms with Gasteiger partial charge in [0.15, 0.2) is 0 Å². The first-order valence-corrected chi connectivity index (χ1v) is 14.8. The van der Waals surface area contributed by atoms with Gasteiger partial charge in [0.1, 0.15) is 6.04 Å². The number of aliphatic carboxylic acids is 1. The quantitative estimate of drug-likeness (QED) is 0.203. The monoisotopic (exact) mass is 535 g/mol. The van der Waals surface area contributed by atoms with Crippen molar-refractivity contribution in [2.24, 2.45) is 0 Å². The lowest BCUT2D eigenvalue weighted by Gasteiger charge is -2.18. The number of fused-ring (bicyclic) bond motifs is 3. The van der Waals surface area contributed by atoms with Gasteiger partial charge in [-0.15, -0.1) is 0 Å². The van der Waals surface area contributed by atoms with Gasteiger partial charge in [-0.1, -0.05) is 78.9 Å². The highest BCUT2D eigenvalue weighted by Gasteiger charge is 2.23. The molecule has 39 heavy (non-hydrogen) atoms. The molecule has 2 N–H and O–H groups in total. The summed E-state index contributed by atoms with van der Waals surface area (Å²) in [5.74, 6) is -0.705. The number of aryl methyl sites for hydroxylation is 3. The summed E-state index contributed by atoms with van der Waals surface area (Å²) in [5, 5.41) is 12.4. The first kappa shape index (κ1) is 26.8. The Morgan fingerprint density at radius 3 is 2.38 bits per heavy atom. The molecule has 0 radical (unpaired) electrons. The Hall–Kier alpha value is -3.83. The normalized spacial score (nSPS) is 12.5. The fraction of sp³-hybridized carbons (Fsp3) is 0.235. The Bertz CT molecular complexity index is 1530. The van der Waals surface area contributed by atoms with E-state index in [1.165, 1.54) is 27.8 Å². The molecule has 0 spiro atoms. The van der Waals surface area contributed by atoms with Crippen LogP contribution in [0.4, 0.5) is 0 Å². The maximum absolute atomic E-state index is 13.4. The van der Waals surface area contributed by atoms with E-state index in [2.05, 4.69) is 53.8 Å². The molecule has 1 amide bonds. The number of amides is 1. The van der Waals surface area contributed by atoms with Crippen LogP contribution in [0.15, 0.2) is 84.9 Å². The summed E-state index contributed by atoms with van der Waals surface area (Å²) in [5.41, 5.74) is 11.3. The van der Waals surface area contributed by atoms with Crippen molar-refractivity contribution in [3.63, 3.8) is 0 Å². The summed E-state index contributed by atoms with van der Waals surface area (Å²) in [7, 11) is 0. The summed E-state index contributed by atoms with van der Waals surface area (Å²) < 4.78 is 0. The van der Waals surface area contributed by atoms with Gasteiger partial charge in [-0.05, 0) is 101 Å². The number of hydrogen-bond donors (Lipinski definition) is 2. The number of carboxylic acids is 1. The lowest BCUT2D eigenvalue weighted by molar-refractivity contribution is -0.139. The van der Waals surface area contributed by atoms with Crippen molar-refractivity contribution >= 4 is 23.6 Å². The summed E-state index contributed by atoms with van der Waals surface area (Å²) in [6.07, 6.45) is 5.02. The van der Waals surface area contributed by atoms with E-state index in [4.69, 9.17) is 0 Å². The fourth-order valence-corrected chi connectivity index (χ4v) is 6.00. The maximum atomic E-state index is 13.4. The zero-order chi connectivity index (χ0) is 27.4. The second kappa shape index (κ2) is 11.9. The lowest BCUT2D eigenvalue weighted by Crippen LogP contribution is -2.41. The molecule has 5 rings (SSSR count). The average Bonchev–Trinajstić information content (AvgIpc) is 3.33. The summed E-state index contributed by atoms with van der Waals surface area (Å²) in [6.45, 7) is 2.03. The van der Waals surface area contributed by atoms with E-state index in [-0.39, 0.29) is 5.91 Å². The average molecular weight is 536 g/mol. The summed E-state index contributed by atoms with van der Waals surface area (Å²) >= 11 is 1.57. The third kappa shape index (κ3) is 5.79. The Labute approximate surface area is 234 Å². The molecule has 1 aliphatic rings. The molecule has 4 aromatic carbocycles. The minimum atomic E-state index is -1.01. The van der Waals surface area contributed by atoms with Gasteiger partial charge in [0.25, 0.3) is 5.91 Å². The Kier molecular flexibility index (Phi) is 8.18. The second-order valence-electron chi connectivity index (χ2n) is 10.1. The predicted octanol–water partition coefficient (Wildman–Crippen LogP) is 6.95. The van der Waals surface area contributed by atoms with Crippen molar-refractivity contribution < 1.29 is 14.7 Å². The van der Waals surface area contributed by atoms with Crippen LogP contribution in [-0.4, -0.2) is 35.0 Å². The van der Waals surface area contributed by atoms with Gasteiger partial charge < -0.3 is 10.4 Å². The molecule has 0 saturated heterocycles. The van der Waals surface area contributed by atoms with E-state index < -0.39 is 12.0 Å². The number of rotatable bonds is 10. The zero-order valence-corrected chi connectivity index (χ0v) is 23.2. The van der Waals surface area contributed by atoms with Crippen molar-refractivity contribution in [2.45, 2.75) is 38.6 Å². The van der Waals surface area contributed by atoms with Crippen molar-refractivity contribution in [1.29, 1.82) is 0 Å². The molecule has 1 atom stereocenters. The molecular weight excluding hydrogens is 502 g/mol. The van der Waals surface area contributed by atoms with E-state index in [0.717, 1.165) is 41.5 Å². The maximum Gasteiger partial charge on any atom is 0.326 e. The number of nitrogens with one attached hydrogen (secondary N) is 1. The summed E-state index contributed by atoms with van der Waals surface area (Å²) in [4.78, 5) is 25.2. The third-order valence-electron chi connectivity index (χ3n) is 7.57. The molecule has 4 aromatic rings. The minimum Gasteiger partial charge on any atom is -0.480 e. The van der Waals surface area contributed by atoms with Crippen LogP contribution in [0, 0.1) is 6.92 Å². The van der Waals surface area contributed by atoms with Crippen molar-refractivity contribution in [2.75, 3.05) is 12.0 Å². The second-order valence-corrected chi connectivity index (χ2v) is 11.1. The van der Waals surface area contributed by atoms with Crippen LogP contribution < -0.4 is 5.32 Å². The Morgan fingerprint density at radius 1 is 0.872 bits per heavy atom. The topological polar surface area (TPSA) is 66.4 Å². The minimum absolute atomic E-state index is 0.356. The van der Waals surface area contributed by atoms with Gasteiger partial charge in [-0.3, -0.25) is 4.79 Å². The number of carboxylic acid groups (broad SMARTS) is 1. The molecule has 1 unspecified atom stereocenters. The molecular formula is C34H33NO3S. The van der Waals surface area contributed by atoms with Crippen LogP contribution >= 0.6 is 11.8 Å². The van der Waals surface area contributed by atoms with Crippen LogP contribution in [-0.2, 0) is 24.1 Å². The molecule has 0 bridgehead atoms. The number of thioether (sulfide) groups is 1. The molecule has 0 saturated carbocycles. The van der Waals surface area contributed by atoms with Gasteiger partial charge in [0.05, 0.1) is 0 Å². The molecule has 1 aliphatic carbocycles. The van der Waals surface area contributed by atoms with Crippen LogP contribution in [0.5, 0.6) is 0 Å². The lowest BCUT2D eigenvalue weighted by atomic mass is 9.91. The van der Waals surface area contributed by atoms with E-state index in [1.54, 1.807) is 11.8 Å². The van der Waals surface area contributed by atoms with Gasteiger partial charge in [-0.2, -0.15) is 11.8 Å². The highest BCUT2D eigenvalue weighted by molar-refractivity contribution is 7.98. The largest absolute Gasteiger partial charge is 0.480 e. The van der Waals surface area contributed by atoms with E-state index in [0.29, 0.717) is 17.7 Å². The number of benzene rings is 4. The van der Waals surface area contributed by atoms with E-state index in [9.17, 15) is 14.7 Å². The van der Waals surface area contributed by atoms with Crippen LogP contribution in [0.2, 0.25) is 0 Å². The predicted molar refractivity (Wildman–Crippen MR) is 161 cm³/mol. The van der Waals surface area contributed by atoms with Crippen molar-refractivity contribution in [3.05, 3.63) is 118 Å². The van der Waals surface area contributed by atoms with E-state index in [1.807, 2.05) is 49.6 Å². The number of carbonyl (C=O) groups is 2. The Morgan fingerprint density at radius 2 is 1.62 bits per heavy atom. The molecule has 5 heteroatoms. The standard InChI is InChI=1S/C34H33NO3S/c1-22-8-3-5-12-27(22)30-20-23(15-17-29(30)33(36)35-31(34(37)38)18-19-39-2)14-16-24-10-7-11-26-21-25-9-4-6-13-28(25)32(24)26/h3-13,15,17,20,31H,14,16,18-19,21H2,1-2H3,(H,35,36)(H,37,38). The highest BCUT2D eigenvalue weighted by atomic mass is 32.2. The van der Waals surface area contributed by atoms with Crippen LogP contribution in [0.3, 0.4) is 0 Å². The first-order valence-electron chi connectivity index (χ1n) is 13.4. The summed E-state index contributed by atoms with van der Waals surface area (Å²) in [6, 6.07) is 28.3.